The number of halogens is 1. The number of anilines is 1. The molecule has 3 N–H and O–H groups in total. The summed E-state index contributed by atoms with van der Waals surface area (Å²) in [6.07, 6.45) is 1.60. The third kappa shape index (κ3) is 3.10. The summed E-state index contributed by atoms with van der Waals surface area (Å²) in [7, 11) is 0. The van der Waals surface area contributed by atoms with Crippen LogP contribution in [0.25, 0.3) is 0 Å². The monoisotopic (exact) mass is 342 g/mol. The highest BCUT2D eigenvalue weighted by atomic mass is 79.9. The standard InChI is InChI=1S/C13H15BrN2O4/c14-8-3-4-11(10(6-8)12(18)19)15-13(20)16-5-1-2-9(16)7-17/h3-4,6,9,17H,1-2,5,7H2,(H,15,20)(H,18,19). The molecule has 0 saturated carbocycles. The van der Waals surface area contributed by atoms with E-state index in [0.29, 0.717) is 11.0 Å². The molecule has 20 heavy (non-hydrogen) atoms. The molecule has 7 heteroatoms. The van der Waals surface area contributed by atoms with E-state index in [0.717, 1.165) is 12.8 Å². The van der Waals surface area contributed by atoms with E-state index in [2.05, 4.69) is 21.2 Å². The van der Waals surface area contributed by atoms with Gasteiger partial charge in [-0.1, -0.05) is 15.9 Å². The number of hydrogen-bond acceptors (Lipinski definition) is 3. The molecule has 6 nitrogen and oxygen atoms in total. The fourth-order valence-corrected chi connectivity index (χ4v) is 2.64. The Morgan fingerprint density at radius 1 is 1.45 bits per heavy atom. The van der Waals surface area contributed by atoms with Gasteiger partial charge in [-0.25, -0.2) is 9.59 Å². The molecule has 0 aliphatic carbocycles. The van der Waals surface area contributed by atoms with Crippen LogP contribution in [0.2, 0.25) is 0 Å². The number of nitrogens with one attached hydrogen (secondary N) is 1. The lowest BCUT2D eigenvalue weighted by Gasteiger charge is -2.23. The van der Waals surface area contributed by atoms with Gasteiger partial charge in [0.1, 0.15) is 0 Å². The zero-order chi connectivity index (χ0) is 14.7. The molecule has 1 aliphatic rings. The van der Waals surface area contributed by atoms with Crippen LogP contribution in [0, 0.1) is 0 Å². The van der Waals surface area contributed by atoms with Crippen molar-refractivity contribution in [1.29, 1.82) is 0 Å². The molecular weight excluding hydrogens is 328 g/mol. The number of benzene rings is 1. The van der Waals surface area contributed by atoms with Crippen LogP contribution in [-0.4, -0.2) is 46.3 Å². The van der Waals surface area contributed by atoms with E-state index < -0.39 is 5.97 Å². The predicted molar refractivity (Wildman–Crippen MR) is 76.9 cm³/mol. The first-order valence-corrected chi connectivity index (χ1v) is 7.03. The van der Waals surface area contributed by atoms with Gasteiger partial charge in [0.15, 0.2) is 0 Å². The summed E-state index contributed by atoms with van der Waals surface area (Å²) in [6, 6.07) is 4.06. The third-order valence-corrected chi connectivity index (χ3v) is 3.80. The number of carboxylic acid groups (broad SMARTS) is 1. The number of aliphatic hydroxyl groups is 1. The van der Waals surface area contributed by atoms with Crippen LogP contribution in [0.4, 0.5) is 10.5 Å². The molecule has 1 aromatic rings. The van der Waals surface area contributed by atoms with Gasteiger partial charge in [-0.3, -0.25) is 0 Å². The third-order valence-electron chi connectivity index (χ3n) is 3.30. The molecule has 1 saturated heterocycles. The Hall–Kier alpha value is -1.60. The summed E-state index contributed by atoms with van der Waals surface area (Å²) in [6.45, 7) is 0.482. The van der Waals surface area contributed by atoms with Gasteiger partial charge in [-0.2, -0.15) is 0 Å². The molecule has 1 unspecified atom stereocenters. The summed E-state index contributed by atoms with van der Waals surface area (Å²) >= 11 is 3.20. The number of likely N-dealkylation sites (tertiary alicyclic amines) is 1. The summed E-state index contributed by atoms with van der Waals surface area (Å²) in [5, 5.41) is 20.9. The Morgan fingerprint density at radius 2 is 2.20 bits per heavy atom. The number of carbonyl (C=O) groups excluding carboxylic acids is 1. The number of aromatic carboxylic acids is 1. The number of nitrogens with zero attached hydrogens (tertiary/aromatic N) is 1. The maximum Gasteiger partial charge on any atom is 0.337 e. The first kappa shape index (κ1) is 14.8. The molecule has 1 aliphatic heterocycles. The van der Waals surface area contributed by atoms with E-state index in [-0.39, 0.29) is 29.9 Å². The average molecular weight is 343 g/mol. The number of carboxylic acids is 1. The normalized spacial score (nSPS) is 18.1. The first-order chi connectivity index (χ1) is 9.52. The van der Waals surface area contributed by atoms with Crippen molar-refractivity contribution in [3.05, 3.63) is 28.2 Å². The molecule has 0 bridgehead atoms. The van der Waals surface area contributed by atoms with Gasteiger partial charge in [0.25, 0.3) is 0 Å². The molecule has 1 fully saturated rings. The fourth-order valence-electron chi connectivity index (χ4n) is 2.28. The molecule has 0 aromatic heterocycles. The minimum absolute atomic E-state index is 0.0208. The lowest BCUT2D eigenvalue weighted by Crippen LogP contribution is -2.40. The van der Waals surface area contributed by atoms with E-state index in [1.54, 1.807) is 6.07 Å². The molecule has 108 valence electrons. The number of urea groups is 1. The van der Waals surface area contributed by atoms with Gasteiger partial charge in [0.2, 0.25) is 0 Å². The Bertz CT molecular complexity index is 535. The lowest BCUT2D eigenvalue weighted by molar-refractivity contribution is 0.0698. The highest BCUT2D eigenvalue weighted by Gasteiger charge is 2.28. The number of aliphatic hydroxyl groups excluding tert-OH is 1. The zero-order valence-electron chi connectivity index (χ0n) is 10.7. The van der Waals surface area contributed by atoms with Gasteiger partial charge in [-0.05, 0) is 31.0 Å². The minimum atomic E-state index is -1.11. The van der Waals surface area contributed by atoms with Crippen molar-refractivity contribution in [1.82, 2.24) is 4.90 Å². The molecule has 1 aromatic carbocycles. The summed E-state index contributed by atoms with van der Waals surface area (Å²) < 4.78 is 0.627. The Morgan fingerprint density at radius 3 is 2.85 bits per heavy atom. The number of amides is 2. The maximum absolute atomic E-state index is 12.1. The Labute approximate surface area is 124 Å². The van der Waals surface area contributed by atoms with Crippen LogP contribution in [0.3, 0.4) is 0 Å². The smallest absolute Gasteiger partial charge is 0.337 e. The van der Waals surface area contributed by atoms with E-state index in [4.69, 9.17) is 5.11 Å². The fraction of sp³-hybridized carbons (Fsp3) is 0.385. The van der Waals surface area contributed by atoms with Gasteiger partial charge < -0.3 is 20.4 Å². The first-order valence-electron chi connectivity index (χ1n) is 6.24. The number of hydrogen-bond donors (Lipinski definition) is 3. The van der Waals surface area contributed by atoms with Gasteiger partial charge in [-0.15, -0.1) is 0 Å². The van der Waals surface area contributed by atoms with Crippen molar-refractivity contribution in [2.24, 2.45) is 0 Å². The van der Waals surface area contributed by atoms with E-state index in [1.165, 1.54) is 17.0 Å². The van der Waals surface area contributed by atoms with E-state index in [1.807, 2.05) is 0 Å². The van der Waals surface area contributed by atoms with Crippen LogP contribution in [0.5, 0.6) is 0 Å². The van der Waals surface area contributed by atoms with Gasteiger partial charge in [0, 0.05) is 11.0 Å². The predicted octanol–water partition coefficient (Wildman–Crippen LogP) is 2.14. The second kappa shape index (κ2) is 6.23. The van der Waals surface area contributed by atoms with Crippen molar-refractivity contribution >= 4 is 33.6 Å². The summed E-state index contributed by atoms with van der Waals surface area (Å²) in [4.78, 5) is 24.8. The zero-order valence-corrected chi connectivity index (χ0v) is 12.3. The molecule has 2 rings (SSSR count). The molecule has 0 spiro atoms. The van der Waals surface area contributed by atoms with E-state index >= 15 is 0 Å². The number of rotatable bonds is 3. The van der Waals surface area contributed by atoms with Crippen LogP contribution in [0.1, 0.15) is 23.2 Å². The minimum Gasteiger partial charge on any atom is -0.478 e. The van der Waals surface area contributed by atoms with Crippen molar-refractivity contribution in [2.45, 2.75) is 18.9 Å². The second-order valence-electron chi connectivity index (χ2n) is 4.60. The quantitative estimate of drug-likeness (QED) is 0.784. The highest BCUT2D eigenvalue weighted by Crippen LogP contribution is 2.23. The van der Waals surface area contributed by atoms with Gasteiger partial charge in [0.05, 0.1) is 23.9 Å². The largest absolute Gasteiger partial charge is 0.478 e. The molecule has 1 atom stereocenters. The number of carbonyl (C=O) groups is 2. The summed E-state index contributed by atoms with van der Waals surface area (Å²) in [5.74, 6) is -1.11. The Kier molecular flexibility index (Phi) is 4.61. The van der Waals surface area contributed by atoms with Crippen LogP contribution in [-0.2, 0) is 0 Å². The second-order valence-corrected chi connectivity index (χ2v) is 5.51. The van der Waals surface area contributed by atoms with Crippen LogP contribution >= 0.6 is 15.9 Å². The molecule has 1 heterocycles. The highest BCUT2D eigenvalue weighted by molar-refractivity contribution is 9.10. The molecule has 0 radical (unpaired) electrons. The van der Waals surface area contributed by atoms with Gasteiger partial charge >= 0.3 is 12.0 Å². The molecule has 2 amide bonds. The van der Waals surface area contributed by atoms with Crippen molar-refractivity contribution in [3.8, 4) is 0 Å². The Balaban J connectivity index is 2.17. The lowest BCUT2D eigenvalue weighted by atomic mass is 10.2. The topological polar surface area (TPSA) is 89.9 Å². The van der Waals surface area contributed by atoms with Crippen molar-refractivity contribution in [2.75, 3.05) is 18.5 Å². The maximum atomic E-state index is 12.1. The summed E-state index contributed by atoms with van der Waals surface area (Å²) in [5.41, 5.74) is 0.266. The van der Waals surface area contributed by atoms with E-state index in [9.17, 15) is 14.7 Å². The average Bonchev–Trinajstić information content (AvgIpc) is 2.89. The van der Waals surface area contributed by atoms with Crippen molar-refractivity contribution in [3.63, 3.8) is 0 Å². The SMILES string of the molecule is O=C(O)c1cc(Br)ccc1NC(=O)N1CCCC1CO. The van der Waals surface area contributed by atoms with Crippen LogP contribution in [0.15, 0.2) is 22.7 Å². The molecular formula is C13H15BrN2O4. The van der Waals surface area contributed by atoms with Crippen LogP contribution < -0.4 is 5.32 Å². The van der Waals surface area contributed by atoms with Crippen molar-refractivity contribution < 1.29 is 19.8 Å².